The first kappa shape index (κ1) is 17.4. The van der Waals surface area contributed by atoms with Crippen LogP contribution in [0.4, 0.5) is 0 Å². The zero-order valence-electron chi connectivity index (χ0n) is 12.3. The van der Waals surface area contributed by atoms with Gasteiger partial charge >= 0.3 is 0 Å². The molecule has 0 aliphatic heterocycles. The van der Waals surface area contributed by atoms with E-state index in [1.54, 1.807) is 18.7 Å². The highest BCUT2D eigenvalue weighted by Crippen LogP contribution is 2.23. The molecule has 0 aromatic heterocycles. The lowest BCUT2D eigenvalue weighted by Crippen LogP contribution is -2.51. The number of sulfonamides is 1. The van der Waals surface area contributed by atoms with Crippen molar-refractivity contribution in [2.24, 2.45) is 0 Å². The van der Waals surface area contributed by atoms with E-state index in [9.17, 15) is 13.2 Å². The van der Waals surface area contributed by atoms with E-state index in [2.05, 4.69) is 4.72 Å². The van der Waals surface area contributed by atoms with Gasteiger partial charge in [-0.15, -0.1) is 0 Å². The molecule has 118 valence electrons. The summed E-state index contributed by atoms with van der Waals surface area (Å²) in [5.41, 5.74) is 0. The van der Waals surface area contributed by atoms with Gasteiger partial charge in [0.15, 0.2) is 0 Å². The summed E-state index contributed by atoms with van der Waals surface area (Å²) in [6, 6.07) is -0.647. The van der Waals surface area contributed by atoms with Crippen molar-refractivity contribution in [1.29, 1.82) is 0 Å². The molecule has 1 saturated carbocycles. The number of amides is 1. The topological polar surface area (TPSA) is 86.7 Å². The van der Waals surface area contributed by atoms with Crippen molar-refractivity contribution in [3.63, 3.8) is 0 Å². The van der Waals surface area contributed by atoms with Gasteiger partial charge in [0, 0.05) is 12.6 Å². The van der Waals surface area contributed by atoms with E-state index in [4.69, 9.17) is 5.11 Å². The molecule has 0 radical (unpaired) electrons. The Morgan fingerprint density at radius 2 is 2.00 bits per heavy atom. The van der Waals surface area contributed by atoms with Gasteiger partial charge in [-0.25, -0.2) is 13.1 Å². The average Bonchev–Trinajstić information content (AvgIpc) is 2.87. The highest BCUT2D eigenvalue weighted by molar-refractivity contribution is 7.89. The fraction of sp³-hybridized carbons (Fsp3) is 0.923. The molecule has 1 unspecified atom stereocenters. The molecule has 1 fully saturated rings. The fourth-order valence-electron chi connectivity index (χ4n) is 2.69. The Labute approximate surface area is 121 Å². The van der Waals surface area contributed by atoms with Crippen LogP contribution in [0.1, 0.15) is 46.0 Å². The molecule has 0 bridgehead atoms. The van der Waals surface area contributed by atoms with Crippen LogP contribution in [-0.4, -0.2) is 55.3 Å². The largest absolute Gasteiger partial charge is 0.395 e. The van der Waals surface area contributed by atoms with Crippen LogP contribution in [0.2, 0.25) is 0 Å². The zero-order chi connectivity index (χ0) is 15.2. The second-order valence-corrected chi connectivity index (χ2v) is 7.23. The van der Waals surface area contributed by atoms with Gasteiger partial charge in [0.2, 0.25) is 15.9 Å². The normalized spacial score (nSPS) is 18.1. The lowest BCUT2D eigenvalue weighted by atomic mass is 10.2. The van der Waals surface area contributed by atoms with Crippen molar-refractivity contribution < 1.29 is 18.3 Å². The number of aliphatic hydroxyl groups is 1. The van der Waals surface area contributed by atoms with E-state index in [1.165, 1.54) is 0 Å². The Morgan fingerprint density at radius 3 is 2.50 bits per heavy atom. The molecule has 1 amide bonds. The lowest BCUT2D eigenvalue weighted by molar-refractivity contribution is -0.135. The number of nitrogens with zero attached hydrogens (tertiary/aromatic N) is 1. The van der Waals surface area contributed by atoms with Gasteiger partial charge in [-0.05, 0) is 26.2 Å². The summed E-state index contributed by atoms with van der Waals surface area (Å²) in [5, 5.41) is 9.11. The molecule has 1 aliphatic rings. The molecule has 0 aromatic rings. The first-order chi connectivity index (χ1) is 9.41. The molecule has 6 nitrogen and oxygen atoms in total. The van der Waals surface area contributed by atoms with Crippen molar-refractivity contribution >= 4 is 15.9 Å². The van der Waals surface area contributed by atoms with E-state index in [-0.39, 0.29) is 30.9 Å². The molecule has 2 N–H and O–H groups in total. The quantitative estimate of drug-likeness (QED) is 0.682. The molecule has 20 heavy (non-hydrogen) atoms. The molecule has 1 aliphatic carbocycles. The maximum atomic E-state index is 12.4. The number of aliphatic hydroxyl groups excluding tert-OH is 1. The Bertz CT molecular complexity index is 405. The van der Waals surface area contributed by atoms with Crippen LogP contribution in [0.3, 0.4) is 0 Å². The number of nitrogens with one attached hydrogen (secondary N) is 1. The molecular weight excluding hydrogens is 280 g/mol. The molecule has 0 spiro atoms. The van der Waals surface area contributed by atoms with Crippen molar-refractivity contribution in [2.45, 2.75) is 58.0 Å². The summed E-state index contributed by atoms with van der Waals surface area (Å²) in [6.45, 7) is 3.51. The number of carbonyl (C=O) groups excluding carboxylic acids is 1. The second kappa shape index (κ2) is 7.95. The molecule has 1 rings (SSSR count). The molecule has 0 saturated heterocycles. The van der Waals surface area contributed by atoms with Crippen molar-refractivity contribution in [3.8, 4) is 0 Å². The summed E-state index contributed by atoms with van der Waals surface area (Å²) in [4.78, 5) is 14.0. The summed E-state index contributed by atoms with van der Waals surface area (Å²) in [7, 11) is -3.41. The monoisotopic (exact) mass is 306 g/mol. The Hall–Kier alpha value is -0.660. The predicted molar refractivity (Wildman–Crippen MR) is 77.7 cm³/mol. The fourth-order valence-corrected chi connectivity index (χ4v) is 3.99. The Kier molecular flexibility index (Phi) is 6.91. The van der Waals surface area contributed by atoms with E-state index >= 15 is 0 Å². The molecule has 7 heteroatoms. The summed E-state index contributed by atoms with van der Waals surface area (Å²) < 4.78 is 25.9. The summed E-state index contributed by atoms with van der Waals surface area (Å²) >= 11 is 0. The smallest absolute Gasteiger partial charge is 0.240 e. The third-order valence-electron chi connectivity index (χ3n) is 3.59. The van der Waals surface area contributed by atoms with Crippen molar-refractivity contribution in [3.05, 3.63) is 0 Å². The maximum absolute atomic E-state index is 12.4. The molecule has 1 atom stereocenters. The first-order valence-electron chi connectivity index (χ1n) is 7.32. The Balaban J connectivity index is 2.68. The van der Waals surface area contributed by atoms with Gasteiger partial charge in [-0.2, -0.15) is 0 Å². The maximum Gasteiger partial charge on any atom is 0.240 e. The van der Waals surface area contributed by atoms with Crippen molar-refractivity contribution in [2.75, 3.05) is 18.9 Å². The average molecular weight is 306 g/mol. The number of carbonyl (C=O) groups is 1. The minimum Gasteiger partial charge on any atom is -0.395 e. The van der Waals surface area contributed by atoms with Gasteiger partial charge in [0.1, 0.15) is 0 Å². The predicted octanol–water partition coefficient (Wildman–Crippen LogP) is 0.468. The van der Waals surface area contributed by atoms with Gasteiger partial charge in [-0.3, -0.25) is 4.79 Å². The molecule has 0 heterocycles. The minimum atomic E-state index is -3.41. The van der Waals surface area contributed by atoms with Crippen LogP contribution >= 0.6 is 0 Å². The van der Waals surface area contributed by atoms with E-state index in [0.29, 0.717) is 6.42 Å². The standard InChI is InChI=1S/C13H26N2O4S/c1-3-10-20(18,19)14-11(2)13(17)15(8-9-16)12-6-4-5-7-12/h11-12,14,16H,3-10H2,1-2H3. The zero-order valence-corrected chi connectivity index (χ0v) is 13.2. The third-order valence-corrected chi connectivity index (χ3v) is 5.25. The van der Waals surface area contributed by atoms with E-state index in [1.807, 2.05) is 0 Å². The Morgan fingerprint density at radius 1 is 1.40 bits per heavy atom. The second-order valence-electron chi connectivity index (χ2n) is 5.35. The van der Waals surface area contributed by atoms with Crippen LogP contribution in [0.25, 0.3) is 0 Å². The first-order valence-corrected chi connectivity index (χ1v) is 8.98. The number of rotatable bonds is 8. The molecular formula is C13H26N2O4S. The van der Waals surface area contributed by atoms with E-state index in [0.717, 1.165) is 25.7 Å². The van der Waals surface area contributed by atoms with Gasteiger partial charge in [-0.1, -0.05) is 19.8 Å². The van der Waals surface area contributed by atoms with Gasteiger partial charge in [0.05, 0.1) is 18.4 Å². The highest BCUT2D eigenvalue weighted by atomic mass is 32.2. The summed E-state index contributed by atoms with van der Waals surface area (Å²) in [5.74, 6) is -0.223. The highest BCUT2D eigenvalue weighted by Gasteiger charge is 2.30. The third kappa shape index (κ3) is 5.03. The SMILES string of the molecule is CCCS(=O)(=O)NC(C)C(=O)N(CCO)C1CCCC1. The number of hydrogen-bond acceptors (Lipinski definition) is 4. The van der Waals surface area contributed by atoms with Crippen molar-refractivity contribution in [1.82, 2.24) is 9.62 Å². The van der Waals surface area contributed by atoms with Gasteiger partial charge in [0.25, 0.3) is 0 Å². The van der Waals surface area contributed by atoms with Crippen LogP contribution in [0.15, 0.2) is 0 Å². The van der Waals surface area contributed by atoms with Crippen LogP contribution < -0.4 is 4.72 Å². The lowest BCUT2D eigenvalue weighted by Gasteiger charge is -2.31. The minimum absolute atomic E-state index is 0.0219. The van der Waals surface area contributed by atoms with Crippen LogP contribution in [0.5, 0.6) is 0 Å². The van der Waals surface area contributed by atoms with Crippen LogP contribution in [0, 0.1) is 0 Å². The number of hydrogen-bond donors (Lipinski definition) is 2. The van der Waals surface area contributed by atoms with Gasteiger partial charge < -0.3 is 10.0 Å². The van der Waals surface area contributed by atoms with E-state index < -0.39 is 16.1 Å². The molecule has 0 aromatic carbocycles. The summed E-state index contributed by atoms with van der Waals surface area (Å²) in [6.07, 6.45) is 4.53. The van der Waals surface area contributed by atoms with Crippen LogP contribution in [-0.2, 0) is 14.8 Å².